The second-order valence-corrected chi connectivity index (χ2v) is 5.15. The van der Waals surface area contributed by atoms with Gasteiger partial charge in [0.05, 0.1) is 14.2 Å². The Morgan fingerprint density at radius 2 is 2.11 bits per heavy atom. The van der Waals surface area contributed by atoms with Crippen molar-refractivity contribution < 1.29 is 9.47 Å². The van der Waals surface area contributed by atoms with E-state index in [4.69, 9.17) is 9.47 Å². The third-order valence-corrected chi connectivity index (χ3v) is 4.23. The number of hydrogen-bond donors (Lipinski definition) is 1. The second-order valence-electron chi connectivity index (χ2n) is 5.15. The molecule has 0 spiro atoms. The molecular weight excluding hydrogens is 226 g/mol. The Labute approximate surface area is 109 Å². The maximum Gasteiger partial charge on any atom is 0.122 e. The standard InChI is InChI=1S/C15H23NO2/c1-5-14-15(2,8-9-16-14)12-10-11(17-3)6-7-13(12)18-4/h6-7,10,14,16H,5,8-9H2,1-4H3. The molecule has 2 rings (SSSR count). The fourth-order valence-electron chi connectivity index (χ4n) is 3.08. The maximum atomic E-state index is 5.53. The lowest BCUT2D eigenvalue weighted by Crippen LogP contribution is -2.37. The number of rotatable bonds is 4. The summed E-state index contributed by atoms with van der Waals surface area (Å²) in [5.74, 6) is 1.86. The van der Waals surface area contributed by atoms with Crippen LogP contribution < -0.4 is 14.8 Å². The molecule has 1 heterocycles. The molecule has 3 nitrogen and oxygen atoms in total. The SMILES string of the molecule is CCC1NCCC1(C)c1cc(OC)ccc1OC. The first kappa shape index (κ1) is 13.2. The third-order valence-electron chi connectivity index (χ3n) is 4.23. The highest BCUT2D eigenvalue weighted by Gasteiger charge is 2.40. The van der Waals surface area contributed by atoms with Gasteiger partial charge >= 0.3 is 0 Å². The molecule has 1 aliphatic heterocycles. The van der Waals surface area contributed by atoms with Crippen molar-refractivity contribution in [2.24, 2.45) is 0 Å². The number of nitrogens with one attached hydrogen (secondary N) is 1. The van der Waals surface area contributed by atoms with Gasteiger partial charge in [0, 0.05) is 17.0 Å². The van der Waals surface area contributed by atoms with Crippen LogP contribution in [0.25, 0.3) is 0 Å². The third kappa shape index (κ3) is 2.07. The van der Waals surface area contributed by atoms with E-state index in [0.717, 1.165) is 30.9 Å². The highest BCUT2D eigenvalue weighted by Crippen LogP contribution is 2.42. The van der Waals surface area contributed by atoms with Crippen LogP contribution in [0.2, 0.25) is 0 Å². The lowest BCUT2D eigenvalue weighted by atomic mass is 9.74. The fraction of sp³-hybridized carbons (Fsp3) is 0.600. The van der Waals surface area contributed by atoms with Crippen molar-refractivity contribution in [1.29, 1.82) is 0 Å². The molecule has 3 heteroatoms. The van der Waals surface area contributed by atoms with Crippen LogP contribution in [0.15, 0.2) is 18.2 Å². The molecule has 1 aromatic rings. The van der Waals surface area contributed by atoms with E-state index in [0.29, 0.717) is 6.04 Å². The highest BCUT2D eigenvalue weighted by molar-refractivity contribution is 5.46. The lowest BCUT2D eigenvalue weighted by Gasteiger charge is -2.32. The molecule has 0 aliphatic carbocycles. The normalized spacial score (nSPS) is 27.2. The minimum Gasteiger partial charge on any atom is -0.497 e. The minimum atomic E-state index is 0.120. The molecule has 18 heavy (non-hydrogen) atoms. The van der Waals surface area contributed by atoms with E-state index in [9.17, 15) is 0 Å². The molecule has 0 aromatic heterocycles. The first-order valence-electron chi connectivity index (χ1n) is 6.61. The maximum absolute atomic E-state index is 5.53. The van der Waals surface area contributed by atoms with Gasteiger partial charge in [0.25, 0.3) is 0 Å². The van der Waals surface area contributed by atoms with E-state index in [1.54, 1.807) is 14.2 Å². The fourth-order valence-corrected chi connectivity index (χ4v) is 3.08. The van der Waals surface area contributed by atoms with Crippen LogP contribution in [0.1, 0.15) is 32.3 Å². The van der Waals surface area contributed by atoms with E-state index in [2.05, 4.69) is 25.2 Å². The van der Waals surface area contributed by atoms with Gasteiger partial charge < -0.3 is 14.8 Å². The Balaban J connectivity index is 2.47. The zero-order valence-corrected chi connectivity index (χ0v) is 11.7. The average molecular weight is 249 g/mol. The van der Waals surface area contributed by atoms with Crippen LogP contribution >= 0.6 is 0 Å². The molecule has 0 bridgehead atoms. The first-order chi connectivity index (χ1) is 8.65. The topological polar surface area (TPSA) is 30.5 Å². The summed E-state index contributed by atoms with van der Waals surface area (Å²) in [5.41, 5.74) is 1.37. The van der Waals surface area contributed by atoms with Gasteiger partial charge in [0.15, 0.2) is 0 Å². The van der Waals surface area contributed by atoms with Crippen LogP contribution in [0.5, 0.6) is 11.5 Å². The molecule has 100 valence electrons. The van der Waals surface area contributed by atoms with Crippen LogP contribution in [-0.2, 0) is 5.41 Å². The summed E-state index contributed by atoms with van der Waals surface area (Å²) in [6.07, 6.45) is 2.26. The van der Waals surface area contributed by atoms with Crippen LogP contribution in [-0.4, -0.2) is 26.8 Å². The molecular formula is C15H23NO2. The molecule has 1 aliphatic rings. The molecule has 2 unspecified atom stereocenters. The van der Waals surface area contributed by atoms with Crippen molar-refractivity contribution in [3.63, 3.8) is 0 Å². The number of ether oxygens (including phenoxy) is 2. The molecule has 2 atom stereocenters. The molecule has 1 N–H and O–H groups in total. The number of methoxy groups -OCH3 is 2. The molecule has 0 saturated carbocycles. The smallest absolute Gasteiger partial charge is 0.122 e. The van der Waals surface area contributed by atoms with Gasteiger partial charge in [0.1, 0.15) is 11.5 Å². The van der Waals surface area contributed by atoms with Gasteiger partial charge in [0.2, 0.25) is 0 Å². The van der Waals surface area contributed by atoms with Gasteiger partial charge in [-0.3, -0.25) is 0 Å². The van der Waals surface area contributed by atoms with Crippen LogP contribution in [0, 0.1) is 0 Å². The van der Waals surface area contributed by atoms with Crippen molar-refractivity contribution in [1.82, 2.24) is 5.32 Å². The Kier molecular flexibility index (Phi) is 3.81. The Bertz CT molecular complexity index is 419. The molecule has 0 radical (unpaired) electrons. The quantitative estimate of drug-likeness (QED) is 0.890. The largest absolute Gasteiger partial charge is 0.497 e. The van der Waals surface area contributed by atoms with Crippen molar-refractivity contribution >= 4 is 0 Å². The van der Waals surface area contributed by atoms with E-state index >= 15 is 0 Å². The van der Waals surface area contributed by atoms with Crippen LogP contribution in [0.4, 0.5) is 0 Å². The minimum absolute atomic E-state index is 0.120. The zero-order chi connectivity index (χ0) is 13.2. The average Bonchev–Trinajstić information content (AvgIpc) is 2.80. The van der Waals surface area contributed by atoms with Gasteiger partial charge in [-0.05, 0) is 37.6 Å². The van der Waals surface area contributed by atoms with Gasteiger partial charge in [-0.15, -0.1) is 0 Å². The molecule has 1 fully saturated rings. The van der Waals surface area contributed by atoms with Crippen molar-refractivity contribution in [3.8, 4) is 11.5 Å². The van der Waals surface area contributed by atoms with Crippen molar-refractivity contribution in [3.05, 3.63) is 23.8 Å². The summed E-state index contributed by atoms with van der Waals surface area (Å²) in [4.78, 5) is 0. The molecule has 0 amide bonds. The van der Waals surface area contributed by atoms with Crippen molar-refractivity contribution in [2.45, 2.75) is 38.1 Å². The van der Waals surface area contributed by atoms with Gasteiger partial charge in [-0.2, -0.15) is 0 Å². The molecule has 1 saturated heterocycles. The predicted octanol–water partition coefficient (Wildman–Crippen LogP) is 2.73. The van der Waals surface area contributed by atoms with E-state index in [1.807, 2.05) is 12.1 Å². The van der Waals surface area contributed by atoms with E-state index in [1.165, 1.54) is 5.56 Å². The number of hydrogen-bond acceptors (Lipinski definition) is 3. The van der Waals surface area contributed by atoms with Gasteiger partial charge in [-0.25, -0.2) is 0 Å². The second kappa shape index (κ2) is 5.19. The summed E-state index contributed by atoms with van der Waals surface area (Å²) < 4.78 is 10.9. The molecule has 1 aromatic carbocycles. The Morgan fingerprint density at radius 3 is 2.72 bits per heavy atom. The number of benzene rings is 1. The van der Waals surface area contributed by atoms with E-state index in [-0.39, 0.29) is 5.41 Å². The summed E-state index contributed by atoms with van der Waals surface area (Å²) in [6, 6.07) is 6.58. The summed E-state index contributed by atoms with van der Waals surface area (Å²) in [5, 5.41) is 3.59. The monoisotopic (exact) mass is 249 g/mol. The van der Waals surface area contributed by atoms with Crippen molar-refractivity contribution in [2.75, 3.05) is 20.8 Å². The van der Waals surface area contributed by atoms with Crippen LogP contribution in [0.3, 0.4) is 0 Å². The Morgan fingerprint density at radius 1 is 1.33 bits per heavy atom. The summed E-state index contributed by atoms with van der Waals surface area (Å²) in [6.45, 7) is 5.61. The summed E-state index contributed by atoms with van der Waals surface area (Å²) >= 11 is 0. The van der Waals surface area contributed by atoms with Gasteiger partial charge in [-0.1, -0.05) is 13.8 Å². The lowest BCUT2D eigenvalue weighted by molar-refractivity contribution is 0.351. The summed E-state index contributed by atoms with van der Waals surface area (Å²) in [7, 11) is 3.44. The highest BCUT2D eigenvalue weighted by atomic mass is 16.5. The zero-order valence-electron chi connectivity index (χ0n) is 11.7. The predicted molar refractivity (Wildman–Crippen MR) is 73.6 cm³/mol. The van der Waals surface area contributed by atoms with E-state index < -0.39 is 0 Å². The Hall–Kier alpha value is -1.22. The first-order valence-corrected chi connectivity index (χ1v) is 6.61.